The van der Waals surface area contributed by atoms with Crippen LogP contribution in [-0.2, 0) is 28.6 Å². The van der Waals surface area contributed by atoms with Crippen LogP contribution in [0.25, 0.3) is 0 Å². The number of carbonyl (C=O) groups excluding carboxylic acids is 3. The third-order valence-electron chi connectivity index (χ3n) is 15.2. The zero-order valence-electron chi connectivity index (χ0n) is 50.1. The molecule has 0 fully saturated rings. The standard InChI is InChI=1S/C68H128O6/c1-4-7-10-13-15-17-19-21-23-25-27-28-29-30-31-32-33-34-35-36-37-38-39-40-41-43-44-46-48-50-52-55-58-61-67(70)73-64-65(63-72-66(69)60-57-54-12-9-6-3)74-68(71)62-59-56-53-51-49-47-45-42-26-24-22-20-18-16-14-11-8-5-2/h24-27,65H,4-23,28-64H2,1-3H3/b26-24-,27-25-. The molecule has 0 N–H and O–H groups in total. The summed E-state index contributed by atoms with van der Waals surface area (Å²) in [6.45, 7) is 6.61. The fourth-order valence-electron chi connectivity index (χ4n) is 10.1. The maximum Gasteiger partial charge on any atom is 0.306 e. The van der Waals surface area contributed by atoms with Crippen LogP contribution in [0.3, 0.4) is 0 Å². The molecule has 0 heterocycles. The zero-order valence-corrected chi connectivity index (χ0v) is 50.1. The van der Waals surface area contributed by atoms with Gasteiger partial charge in [0.25, 0.3) is 0 Å². The predicted molar refractivity (Wildman–Crippen MR) is 321 cm³/mol. The Hall–Kier alpha value is -2.11. The van der Waals surface area contributed by atoms with Crippen molar-refractivity contribution in [1.29, 1.82) is 0 Å². The summed E-state index contributed by atoms with van der Waals surface area (Å²) in [5.74, 6) is -0.865. The average Bonchev–Trinajstić information content (AvgIpc) is 3.40. The highest BCUT2D eigenvalue weighted by Gasteiger charge is 2.19. The van der Waals surface area contributed by atoms with Gasteiger partial charge in [0.1, 0.15) is 13.2 Å². The first-order chi connectivity index (χ1) is 36.5. The van der Waals surface area contributed by atoms with Crippen LogP contribution >= 0.6 is 0 Å². The van der Waals surface area contributed by atoms with E-state index in [1.54, 1.807) is 0 Å². The number of carbonyl (C=O) groups is 3. The molecule has 6 nitrogen and oxygen atoms in total. The molecule has 0 aliphatic heterocycles. The molecule has 0 rings (SSSR count). The molecule has 1 atom stereocenters. The average molecular weight is 1040 g/mol. The number of rotatable bonds is 62. The molecule has 1 unspecified atom stereocenters. The molecular formula is C68H128O6. The largest absolute Gasteiger partial charge is 0.462 e. The van der Waals surface area contributed by atoms with Gasteiger partial charge in [-0.1, -0.05) is 308 Å². The maximum atomic E-state index is 12.8. The van der Waals surface area contributed by atoms with E-state index in [1.807, 2.05) is 0 Å². The van der Waals surface area contributed by atoms with Crippen molar-refractivity contribution in [2.24, 2.45) is 0 Å². The van der Waals surface area contributed by atoms with E-state index in [0.717, 1.165) is 64.2 Å². The molecule has 0 aromatic heterocycles. The molecular weight excluding hydrogens is 913 g/mol. The van der Waals surface area contributed by atoms with Gasteiger partial charge < -0.3 is 14.2 Å². The number of allylic oxidation sites excluding steroid dienone is 4. The molecule has 0 aromatic carbocycles. The molecule has 0 bridgehead atoms. The van der Waals surface area contributed by atoms with Gasteiger partial charge in [-0.2, -0.15) is 0 Å². The van der Waals surface area contributed by atoms with Crippen LogP contribution in [0.5, 0.6) is 0 Å². The summed E-state index contributed by atoms with van der Waals surface area (Å²) in [6, 6.07) is 0. The van der Waals surface area contributed by atoms with Gasteiger partial charge in [0.2, 0.25) is 0 Å². The Bertz CT molecular complexity index is 1190. The number of hydrogen-bond donors (Lipinski definition) is 0. The van der Waals surface area contributed by atoms with Crippen LogP contribution in [0.4, 0.5) is 0 Å². The molecule has 74 heavy (non-hydrogen) atoms. The Kier molecular flexibility index (Phi) is 61.6. The lowest BCUT2D eigenvalue weighted by Crippen LogP contribution is -2.30. The number of hydrogen-bond acceptors (Lipinski definition) is 6. The third-order valence-corrected chi connectivity index (χ3v) is 15.2. The van der Waals surface area contributed by atoms with E-state index in [-0.39, 0.29) is 31.1 Å². The number of unbranched alkanes of at least 4 members (excludes halogenated alkanes) is 47. The van der Waals surface area contributed by atoms with E-state index in [0.29, 0.717) is 19.3 Å². The zero-order chi connectivity index (χ0) is 53.6. The van der Waals surface area contributed by atoms with Crippen molar-refractivity contribution in [3.63, 3.8) is 0 Å². The molecule has 0 aromatic rings. The molecule has 0 saturated carbocycles. The molecule has 0 amide bonds. The third kappa shape index (κ3) is 60.8. The van der Waals surface area contributed by atoms with Crippen LogP contribution in [0.15, 0.2) is 24.3 Å². The summed E-state index contributed by atoms with van der Waals surface area (Å²) < 4.78 is 16.8. The molecule has 0 spiro atoms. The van der Waals surface area contributed by atoms with Gasteiger partial charge in [0, 0.05) is 19.3 Å². The number of esters is 3. The summed E-state index contributed by atoms with van der Waals surface area (Å²) in [5.41, 5.74) is 0. The van der Waals surface area contributed by atoms with Gasteiger partial charge in [0.15, 0.2) is 6.10 Å². The molecule has 6 heteroatoms. The number of ether oxygens (including phenoxy) is 3. The summed E-state index contributed by atoms with van der Waals surface area (Å²) >= 11 is 0. The highest BCUT2D eigenvalue weighted by Crippen LogP contribution is 2.18. The van der Waals surface area contributed by atoms with Gasteiger partial charge in [-0.05, 0) is 70.6 Å². The predicted octanol–water partition coefficient (Wildman–Crippen LogP) is 22.6. The summed E-state index contributed by atoms with van der Waals surface area (Å²) in [7, 11) is 0. The van der Waals surface area contributed by atoms with Crippen molar-refractivity contribution in [3.8, 4) is 0 Å². The van der Waals surface area contributed by atoms with E-state index in [1.165, 1.54) is 270 Å². The fraction of sp³-hybridized carbons (Fsp3) is 0.897. The second-order valence-corrected chi connectivity index (χ2v) is 22.7. The summed E-state index contributed by atoms with van der Waals surface area (Å²) in [4.78, 5) is 37.9. The lowest BCUT2D eigenvalue weighted by atomic mass is 10.0. The second-order valence-electron chi connectivity index (χ2n) is 22.7. The maximum absolute atomic E-state index is 12.8. The Morgan fingerprint density at radius 1 is 0.257 bits per heavy atom. The van der Waals surface area contributed by atoms with Crippen LogP contribution in [0.1, 0.15) is 374 Å². The van der Waals surface area contributed by atoms with E-state index >= 15 is 0 Å². The van der Waals surface area contributed by atoms with Crippen molar-refractivity contribution in [2.45, 2.75) is 380 Å². The van der Waals surface area contributed by atoms with Gasteiger partial charge in [0.05, 0.1) is 0 Å². The summed E-state index contributed by atoms with van der Waals surface area (Å²) in [6.07, 6.45) is 76.9. The highest BCUT2D eigenvalue weighted by molar-refractivity contribution is 5.71. The molecule has 0 aliphatic rings. The first-order valence-corrected chi connectivity index (χ1v) is 33.3. The smallest absolute Gasteiger partial charge is 0.306 e. The first kappa shape index (κ1) is 71.9. The van der Waals surface area contributed by atoms with Crippen molar-refractivity contribution < 1.29 is 28.6 Å². The van der Waals surface area contributed by atoms with Gasteiger partial charge in [-0.3, -0.25) is 14.4 Å². The second kappa shape index (κ2) is 63.4. The fourth-order valence-corrected chi connectivity index (χ4v) is 10.1. The minimum Gasteiger partial charge on any atom is -0.462 e. The van der Waals surface area contributed by atoms with Crippen LogP contribution in [0.2, 0.25) is 0 Å². The van der Waals surface area contributed by atoms with Crippen LogP contribution in [-0.4, -0.2) is 37.2 Å². The Morgan fingerprint density at radius 2 is 0.446 bits per heavy atom. The molecule has 0 aliphatic carbocycles. The van der Waals surface area contributed by atoms with Crippen molar-refractivity contribution in [3.05, 3.63) is 24.3 Å². The highest BCUT2D eigenvalue weighted by atomic mass is 16.6. The van der Waals surface area contributed by atoms with E-state index in [2.05, 4.69) is 45.1 Å². The van der Waals surface area contributed by atoms with E-state index < -0.39 is 6.10 Å². The quantitative estimate of drug-likeness (QED) is 0.0261. The topological polar surface area (TPSA) is 78.9 Å². The SMILES string of the molecule is CCCCCCCCC/C=C\CCCCCCCCCC(=O)OC(COC(=O)CCCCCCC)COC(=O)CCCCCCCCCCCCCCCCCCCCCCC/C=C\CCCCCCCCCC. The normalized spacial score (nSPS) is 12.1. The van der Waals surface area contributed by atoms with Crippen molar-refractivity contribution in [1.82, 2.24) is 0 Å². The van der Waals surface area contributed by atoms with Crippen LogP contribution in [0, 0.1) is 0 Å². The van der Waals surface area contributed by atoms with Crippen molar-refractivity contribution in [2.75, 3.05) is 13.2 Å². The lowest BCUT2D eigenvalue weighted by Gasteiger charge is -2.18. The Morgan fingerprint density at radius 3 is 0.676 bits per heavy atom. The minimum atomic E-state index is -0.767. The molecule has 0 saturated heterocycles. The van der Waals surface area contributed by atoms with Gasteiger partial charge in [-0.15, -0.1) is 0 Å². The Balaban J connectivity index is 3.88. The van der Waals surface area contributed by atoms with Crippen LogP contribution < -0.4 is 0 Å². The first-order valence-electron chi connectivity index (χ1n) is 33.3. The molecule has 436 valence electrons. The van der Waals surface area contributed by atoms with E-state index in [9.17, 15) is 14.4 Å². The molecule has 0 radical (unpaired) electrons. The van der Waals surface area contributed by atoms with Crippen molar-refractivity contribution >= 4 is 17.9 Å². The van der Waals surface area contributed by atoms with Gasteiger partial charge >= 0.3 is 17.9 Å². The van der Waals surface area contributed by atoms with E-state index in [4.69, 9.17) is 14.2 Å². The van der Waals surface area contributed by atoms with Gasteiger partial charge in [-0.25, -0.2) is 0 Å². The lowest BCUT2D eigenvalue weighted by molar-refractivity contribution is -0.167. The minimum absolute atomic E-state index is 0.0685. The summed E-state index contributed by atoms with van der Waals surface area (Å²) in [5, 5.41) is 0. The Labute approximate surface area is 462 Å². The monoisotopic (exact) mass is 1040 g/mol.